The zero-order chi connectivity index (χ0) is 19.9. The highest BCUT2D eigenvalue weighted by molar-refractivity contribution is 14.0. The van der Waals surface area contributed by atoms with E-state index >= 15 is 0 Å². The topological polar surface area (TPSA) is 83.4 Å². The average Bonchev–Trinajstić information content (AvgIpc) is 3.01. The second-order valence-electron chi connectivity index (χ2n) is 6.56. The van der Waals surface area contributed by atoms with Gasteiger partial charge in [0.15, 0.2) is 15.8 Å². The highest BCUT2D eigenvalue weighted by Crippen LogP contribution is 2.16. The predicted octanol–water partition coefficient (Wildman–Crippen LogP) is 3.47. The molecule has 0 fully saturated rings. The largest absolute Gasteiger partial charge is 0.356 e. The van der Waals surface area contributed by atoms with Gasteiger partial charge >= 0.3 is 0 Å². The van der Waals surface area contributed by atoms with Crippen molar-refractivity contribution in [2.75, 3.05) is 19.8 Å². The minimum atomic E-state index is -3.18. The summed E-state index contributed by atoms with van der Waals surface area (Å²) < 4.78 is 23.4. The lowest BCUT2D eigenvalue weighted by Crippen LogP contribution is -2.37. The van der Waals surface area contributed by atoms with Crippen molar-refractivity contribution in [1.29, 1.82) is 0 Å². The number of guanidine groups is 1. The molecule has 0 radical (unpaired) electrons. The molecule has 0 bridgehead atoms. The minimum Gasteiger partial charge on any atom is -0.356 e. The molecule has 0 atom stereocenters. The molecule has 6 nitrogen and oxygen atoms in total. The van der Waals surface area contributed by atoms with Crippen LogP contribution >= 0.6 is 35.3 Å². The number of aromatic nitrogens is 1. The number of rotatable bonds is 8. The molecule has 0 saturated heterocycles. The number of aryl methyl sites for hydroxylation is 3. The van der Waals surface area contributed by atoms with Gasteiger partial charge in [-0.2, -0.15) is 0 Å². The van der Waals surface area contributed by atoms with Crippen molar-refractivity contribution >= 4 is 51.1 Å². The molecule has 0 aliphatic carbocycles. The van der Waals surface area contributed by atoms with E-state index in [-0.39, 0.29) is 24.0 Å². The Morgan fingerprint density at radius 3 is 2.54 bits per heavy atom. The molecule has 2 aromatic rings. The first-order chi connectivity index (χ1) is 12.8. The average molecular weight is 537 g/mol. The third-order valence-corrected chi connectivity index (χ3v) is 6.38. The summed E-state index contributed by atoms with van der Waals surface area (Å²) in [7, 11) is -1.44. The van der Waals surface area contributed by atoms with Crippen molar-refractivity contribution in [1.82, 2.24) is 15.6 Å². The third kappa shape index (κ3) is 8.04. The van der Waals surface area contributed by atoms with Crippen LogP contribution in [0.2, 0.25) is 0 Å². The maximum atomic E-state index is 11.7. The molecule has 28 heavy (non-hydrogen) atoms. The van der Waals surface area contributed by atoms with Crippen LogP contribution in [0.4, 0.5) is 0 Å². The second kappa shape index (κ2) is 11.7. The highest BCUT2D eigenvalue weighted by atomic mass is 127. The van der Waals surface area contributed by atoms with Gasteiger partial charge in [-0.05, 0) is 50.3 Å². The van der Waals surface area contributed by atoms with Crippen molar-refractivity contribution < 1.29 is 8.42 Å². The molecule has 2 rings (SSSR count). The Kier molecular flexibility index (Phi) is 10.4. The van der Waals surface area contributed by atoms with Crippen molar-refractivity contribution in [3.8, 4) is 0 Å². The number of sulfone groups is 1. The Balaban J connectivity index is 0.00000392. The van der Waals surface area contributed by atoms with E-state index < -0.39 is 9.84 Å². The molecule has 1 aromatic heterocycles. The number of halogens is 1. The molecule has 2 N–H and O–H groups in total. The summed E-state index contributed by atoms with van der Waals surface area (Å²) in [4.78, 5) is 9.08. The molecular formula is C19H29IN4O2S2. The van der Waals surface area contributed by atoms with E-state index in [9.17, 15) is 8.42 Å². The van der Waals surface area contributed by atoms with Gasteiger partial charge in [-0.1, -0.05) is 12.1 Å². The third-order valence-electron chi connectivity index (χ3n) is 4.10. The van der Waals surface area contributed by atoms with Crippen molar-refractivity contribution in [3.63, 3.8) is 0 Å². The highest BCUT2D eigenvalue weighted by Gasteiger charge is 2.10. The fourth-order valence-electron chi connectivity index (χ4n) is 2.77. The van der Waals surface area contributed by atoms with Gasteiger partial charge in [0.2, 0.25) is 0 Å². The predicted molar refractivity (Wildman–Crippen MR) is 128 cm³/mol. The second-order valence-corrected chi connectivity index (χ2v) is 9.49. The first-order valence-corrected chi connectivity index (χ1v) is 11.7. The standard InChI is InChI=1S/C19H28N4O2S2.HI/c1-14-11-16(8-9-17(14)27(4,24)25)12-22-19(20-3)21-10-6-5-7-18-23-15(2)13-26-18;/h8-9,11,13H,5-7,10,12H2,1-4H3,(H2,20,21,22);1H. The quantitative estimate of drug-likeness (QED) is 0.234. The summed E-state index contributed by atoms with van der Waals surface area (Å²) in [5.41, 5.74) is 2.87. The minimum absolute atomic E-state index is 0. The number of nitrogens with one attached hydrogen (secondary N) is 2. The lowest BCUT2D eigenvalue weighted by atomic mass is 10.1. The van der Waals surface area contributed by atoms with Crippen molar-refractivity contribution in [2.45, 2.75) is 44.6 Å². The fourth-order valence-corrected chi connectivity index (χ4v) is 4.55. The van der Waals surface area contributed by atoms with Crippen LogP contribution in [0.5, 0.6) is 0 Å². The molecule has 156 valence electrons. The maximum absolute atomic E-state index is 11.7. The van der Waals surface area contributed by atoms with E-state index in [0.717, 1.165) is 48.6 Å². The van der Waals surface area contributed by atoms with Gasteiger partial charge in [-0.3, -0.25) is 4.99 Å². The van der Waals surface area contributed by atoms with E-state index in [4.69, 9.17) is 0 Å². The number of benzene rings is 1. The molecule has 1 aromatic carbocycles. The van der Waals surface area contributed by atoms with E-state index in [0.29, 0.717) is 11.4 Å². The monoisotopic (exact) mass is 536 g/mol. The van der Waals surface area contributed by atoms with Crippen molar-refractivity contribution in [3.05, 3.63) is 45.4 Å². The summed E-state index contributed by atoms with van der Waals surface area (Å²) in [6.45, 7) is 5.27. The normalized spacial score (nSPS) is 11.8. The van der Waals surface area contributed by atoms with Gasteiger partial charge in [0.1, 0.15) is 0 Å². The summed E-state index contributed by atoms with van der Waals surface area (Å²) >= 11 is 1.72. The zero-order valence-corrected chi connectivity index (χ0v) is 20.7. The molecule has 0 aliphatic heterocycles. The van der Waals surface area contributed by atoms with E-state index in [1.165, 1.54) is 11.3 Å². The van der Waals surface area contributed by atoms with Crippen LogP contribution < -0.4 is 10.6 Å². The summed E-state index contributed by atoms with van der Waals surface area (Å²) in [6, 6.07) is 5.39. The van der Waals surface area contributed by atoms with Crippen LogP contribution in [-0.2, 0) is 22.8 Å². The van der Waals surface area contributed by atoms with E-state index in [1.807, 2.05) is 26.0 Å². The first-order valence-electron chi connectivity index (χ1n) is 8.94. The molecule has 9 heteroatoms. The Hall–Kier alpha value is -1.20. The lowest BCUT2D eigenvalue weighted by Gasteiger charge is -2.13. The molecule has 0 aliphatic rings. The van der Waals surface area contributed by atoms with Crippen LogP contribution in [-0.4, -0.2) is 39.2 Å². The smallest absolute Gasteiger partial charge is 0.191 e. The lowest BCUT2D eigenvalue weighted by molar-refractivity contribution is 0.601. The van der Waals surface area contributed by atoms with Gasteiger partial charge in [-0.25, -0.2) is 13.4 Å². The Labute approximate surface area is 189 Å². The summed E-state index contributed by atoms with van der Waals surface area (Å²) in [5.74, 6) is 0.741. The van der Waals surface area contributed by atoms with Gasteiger partial charge < -0.3 is 10.6 Å². The number of hydrogen-bond acceptors (Lipinski definition) is 5. The molecule has 0 amide bonds. The molecule has 0 unspecified atom stereocenters. The van der Waals surface area contributed by atoms with Gasteiger partial charge in [0, 0.05) is 37.5 Å². The summed E-state index contributed by atoms with van der Waals surface area (Å²) in [5, 5.41) is 9.85. The number of hydrogen-bond donors (Lipinski definition) is 2. The van der Waals surface area contributed by atoms with Crippen LogP contribution in [0.3, 0.4) is 0 Å². The van der Waals surface area contributed by atoms with Crippen LogP contribution in [0.15, 0.2) is 33.5 Å². The van der Waals surface area contributed by atoms with Crippen LogP contribution in [0.25, 0.3) is 0 Å². The van der Waals surface area contributed by atoms with Gasteiger partial charge in [-0.15, -0.1) is 35.3 Å². The van der Waals surface area contributed by atoms with Gasteiger partial charge in [0.05, 0.1) is 9.90 Å². The first kappa shape index (κ1) is 24.8. The molecule has 0 spiro atoms. The Morgan fingerprint density at radius 2 is 1.96 bits per heavy atom. The van der Waals surface area contributed by atoms with Crippen molar-refractivity contribution in [2.24, 2.45) is 4.99 Å². The molecular weight excluding hydrogens is 507 g/mol. The number of unbranched alkanes of at least 4 members (excludes halogenated alkanes) is 1. The zero-order valence-electron chi connectivity index (χ0n) is 16.8. The van der Waals surface area contributed by atoms with Gasteiger partial charge in [0.25, 0.3) is 0 Å². The van der Waals surface area contributed by atoms with E-state index in [2.05, 4.69) is 26.0 Å². The molecule has 0 saturated carbocycles. The molecule has 1 heterocycles. The van der Waals surface area contributed by atoms with Crippen LogP contribution in [0.1, 0.15) is 34.7 Å². The Morgan fingerprint density at radius 1 is 1.21 bits per heavy atom. The Bertz CT molecular complexity index is 895. The summed E-state index contributed by atoms with van der Waals surface area (Å²) in [6.07, 6.45) is 4.37. The van der Waals surface area contributed by atoms with E-state index in [1.54, 1.807) is 24.5 Å². The fraction of sp³-hybridized carbons (Fsp3) is 0.474. The SMILES string of the molecule is CN=C(NCCCCc1nc(C)cs1)NCc1ccc(S(C)(=O)=O)c(C)c1.I. The number of thiazole rings is 1. The number of aliphatic imine (C=N–C) groups is 1. The number of nitrogens with zero attached hydrogens (tertiary/aromatic N) is 2. The van der Waals surface area contributed by atoms with Crippen LogP contribution in [0, 0.1) is 13.8 Å². The maximum Gasteiger partial charge on any atom is 0.191 e.